The summed E-state index contributed by atoms with van der Waals surface area (Å²) in [6.07, 6.45) is -1.47. The number of carbonyl (C=O) groups is 1. The molecule has 0 aromatic heterocycles. The number of hydrogen-bond donors (Lipinski definition) is 3. The molecular weight excluding hydrogens is 251 g/mol. The van der Waals surface area contributed by atoms with Gasteiger partial charge in [0.25, 0.3) is 0 Å². The van der Waals surface area contributed by atoms with Crippen LogP contribution in [0.5, 0.6) is 0 Å². The molecule has 106 valence electrons. The summed E-state index contributed by atoms with van der Waals surface area (Å²) in [4.78, 5) is 10.6. The maximum atomic E-state index is 12.4. The Bertz CT molecular complexity index is 283. The van der Waals surface area contributed by atoms with E-state index in [1.165, 1.54) is 0 Å². The van der Waals surface area contributed by atoms with Crippen molar-refractivity contribution in [2.45, 2.75) is 37.9 Å². The highest BCUT2D eigenvalue weighted by Crippen LogP contribution is 2.28. The standard InChI is InChI=1S/C11H18F3NO3/c12-11(13,14)8(10(17)18)5-15-9-4-2-1-3-7(9)6-16/h7-9,15-16H,1-6H2,(H,17,18). The van der Waals surface area contributed by atoms with Crippen LogP contribution in [-0.4, -0.2) is 41.6 Å². The Kier molecular flexibility index (Phi) is 5.40. The number of carboxylic acid groups (broad SMARTS) is 1. The van der Waals surface area contributed by atoms with Gasteiger partial charge in [-0.2, -0.15) is 13.2 Å². The zero-order valence-electron chi connectivity index (χ0n) is 9.91. The van der Waals surface area contributed by atoms with E-state index in [1.807, 2.05) is 0 Å². The van der Waals surface area contributed by atoms with E-state index in [4.69, 9.17) is 10.2 Å². The van der Waals surface area contributed by atoms with Gasteiger partial charge >= 0.3 is 12.1 Å². The number of nitrogens with one attached hydrogen (secondary N) is 1. The molecule has 1 fully saturated rings. The molecule has 0 bridgehead atoms. The number of alkyl halides is 3. The lowest BCUT2D eigenvalue weighted by atomic mass is 9.85. The van der Waals surface area contributed by atoms with Crippen LogP contribution < -0.4 is 5.32 Å². The summed E-state index contributed by atoms with van der Waals surface area (Å²) >= 11 is 0. The van der Waals surface area contributed by atoms with E-state index >= 15 is 0 Å². The number of aliphatic hydroxyl groups is 1. The van der Waals surface area contributed by atoms with Gasteiger partial charge in [-0.15, -0.1) is 0 Å². The first kappa shape index (κ1) is 15.2. The predicted octanol–water partition coefficient (Wildman–Crippen LogP) is 1.39. The van der Waals surface area contributed by atoms with Gasteiger partial charge in [0.1, 0.15) is 0 Å². The number of aliphatic carboxylic acids is 1. The number of rotatable bonds is 5. The molecule has 0 aliphatic heterocycles. The number of aliphatic hydroxyl groups excluding tert-OH is 1. The summed E-state index contributed by atoms with van der Waals surface area (Å²) in [6.45, 7) is -0.721. The highest BCUT2D eigenvalue weighted by atomic mass is 19.4. The SMILES string of the molecule is O=C(O)C(CNC1CCCCC1CO)C(F)(F)F. The molecule has 18 heavy (non-hydrogen) atoms. The van der Waals surface area contributed by atoms with E-state index in [-0.39, 0.29) is 18.6 Å². The average Bonchev–Trinajstić information content (AvgIpc) is 2.27. The Hall–Kier alpha value is -0.820. The fourth-order valence-corrected chi connectivity index (χ4v) is 2.31. The van der Waals surface area contributed by atoms with Gasteiger partial charge in [-0.1, -0.05) is 12.8 Å². The van der Waals surface area contributed by atoms with E-state index in [2.05, 4.69) is 5.32 Å². The highest BCUT2D eigenvalue weighted by molar-refractivity contribution is 5.71. The fourth-order valence-electron chi connectivity index (χ4n) is 2.31. The van der Waals surface area contributed by atoms with Crippen LogP contribution in [0.2, 0.25) is 0 Å². The van der Waals surface area contributed by atoms with E-state index in [0.717, 1.165) is 19.3 Å². The maximum absolute atomic E-state index is 12.4. The van der Waals surface area contributed by atoms with Crippen LogP contribution >= 0.6 is 0 Å². The molecule has 1 aliphatic rings. The molecular formula is C11H18F3NO3. The van der Waals surface area contributed by atoms with Gasteiger partial charge in [-0.05, 0) is 18.8 Å². The summed E-state index contributed by atoms with van der Waals surface area (Å²) in [6, 6.07) is -0.229. The second-order valence-electron chi connectivity index (χ2n) is 4.67. The minimum atomic E-state index is -4.75. The molecule has 7 heteroatoms. The van der Waals surface area contributed by atoms with Gasteiger partial charge in [0, 0.05) is 19.2 Å². The minimum absolute atomic E-state index is 0.0819. The Morgan fingerprint density at radius 1 is 1.33 bits per heavy atom. The second-order valence-corrected chi connectivity index (χ2v) is 4.67. The van der Waals surface area contributed by atoms with Crippen LogP contribution in [-0.2, 0) is 4.79 Å². The van der Waals surface area contributed by atoms with Crippen molar-refractivity contribution in [2.75, 3.05) is 13.2 Å². The number of carboxylic acids is 1. The molecule has 0 saturated heterocycles. The van der Waals surface area contributed by atoms with E-state index in [0.29, 0.717) is 6.42 Å². The zero-order chi connectivity index (χ0) is 13.8. The average molecular weight is 269 g/mol. The second kappa shape index (κ2) is 6.38. The quantitative estimate of drug-likeness (QED) is 0.705. The lowest BCUT2D eigenvalue weighted by Gasteiger charge is -2.32. The van der Waals surface area contributed by atoms with Gasteiger partial charge in [0.05, 0.1) is 0 Å². The van der Waals surface area contributed by atoms with Crippen molar-refractivity contribution in [1.82, 2.24) is 5.32 Å². The van der Waals surface area contributed by atoms with Crippen molar-refractivity contribution in [2.24, 2.45) is 11.8 Å². The molecule has 1 saturated carbocycles. The third-order valence-corrected chi connectivity index (χ3v) is 3.42. The molecule has 0 spiro atoms. The first-order valence-corrected chi connectivity index (χ1v) is 6.00. The van der Waals surface area contributed by atoms with E-state index < -0.39 is 24.6 Å². The zero-order valence-corrected chi connectivity index (χ0v) is 9.91. The molecule has 0 heterocycles. The molecule has 3 unspecified atom stereocenters. The van der Waals surface area contributed by atoms with Gasteiger partial charge < -0.3 is 15.5 Å². The monoisotopic (exact) mass is 269 g/mol. The maximum Gasteiger partial charge on any atom is 0.403 e. The van der Waals surface area contributed by atoms with Crippen molar-refractivity contribution in [3.8, 4) is 0 Å². The van der Waals surface area contributed by atoms with Crippen molar-refractivity contribution in [3.05, 3.63) is 0 Å². The van der Waals surface area contributed by atoms with Crippen LogP contribution in [0, 0.1) is 11.8 Å². The molecule has 1 rings (SSSR count). The Labute approximate surface area is 103 Å². The van der Waals surface area contributed by atoms with E-state index in [1.54, 1.807) is 0 Å². The van der Waals surface area contributed by atoms with Crippen LogP contribution in [0.1, 0.15) is 25.7 Å². The van der Waals surface area contributed by atoms with Crippen LogP contribution in [0.15, 0.2) is 0 Å². The summed E-state index contributed by atoms with van der Waals surface area (Å²) in [5.41, 5.74) is 0. The minimum Gasteiger partial charge on any atom is -0.481 e. The Balaban J connectivity index is 2.53. The number of halogens is 3. The van der Waals surface area contributed by atoms with Crippen LogP contribution in [0.25, 0.3) is 0 Å². The van der Waals surface area contributed by atoms with Crippen LogP contribution in [0.3, 0.4) is 0 Å². The molecule has 4 nitrogen and oxygen atoms in total. The first-order valence-electron chi connectivity index (χ1n) is 6.00. The van der Waals surface area contributed by atoms with Crippen LogP contribution in [0.4, 0.5) is 13.2 Å². The topological polar surface area (TPSA) is 69.6 Å². The smallest absolute Gasteiger partial charge is 0.403 e. The van der Waals surface area contributed by atoms with Gasteiger partial charge in [0.15, 0.2) is 5.92 Å². The molecule has 0 aromatic carbocycles. The molecule has 0 amide bonds. The van der Waals surface area contributed by atoms with Crippen molar-refractivity contribution in [1.29, 1.82) is 0 Å². The summed E-state index contributed by atoms with van der Waals surface area (Å²) < 4.78 is 37.3. The van der Waals surface area contributed by atoms with Gasteiger partial charge in [-0.25, -0.2) is 0 Å². The largest absolute Gasteiger partial charge is 0.481 e. The van der Waals surface area contributed by atoms with Crippen molar-refractivity contribution >= 4 is 5.97 Å². The Morgan fingerprint density at radius 3 is 2.44 bits per heavy atom. The van der Waals surface area contributed by atoms with Gasteiger partial charge in [0.2, 0.25) is 0 Å². The normalized spacial score (nSPS) is 26.9. The fraction of sp³-hybridized carbons (Fsp3) is 0.909. The summed E-state index contributed by atoms with van der Waals surface area (Å²) in [7, 11) is 0. The van der Waals surface area contributed by atoms with Crippen molar-refractivity contribution in [3.63, 3.8) is 0 Å². The lowest BCUT2D eigenvalue weighted by molar-refractivity contribution is -0.192. The summed E-state index contributed by atoms with van der Waals surface area (Å²) in [5, 5.41) is 20.3. The predicted molar refractivity (Wildman–Crippen MR) is 58.0 cm³/mol. The van der Waals surface area contributed by atoms with Gasteiger partial charge in [-0.3, -0.25) is 4.79 Å². The first-order chi connectivity index (χ1) is 8.36. The number of hydrogen-bond acceptors (Lipinski definition) is 3. The molecule has 1 aliphatic carbocycles. The third-order valence-electron chi connectivity index (χ3n) is 3.42. The molecule has 0 aromatic rings. The highest BCUT2D eigenvalue weighted by Gasteiger charge is 2.45. The third kappa shape index (κ3) is 4.13. The summed E-state index contributed by atoms with van der Waals surface area (Å²) in [5.74, 6) is -4.34. The molecule has 0 radical (unpaired) electrons. The Morgan fingerprint density at radius 2 is 1.94 bits per heavy atom. The van der Waals surface area contributed by atoms with E-state index in [9.17, 15) is 18.0 Å². The lowest BCUT2D eigenvalue weighted by Crippen LogP contribution is -2.46. The molecule has 3 atom stereocenters. The molecule has 3 N–H and O–H groups in total. The van der Waals surface area contributed by atoms with Crippen molar-refractivity contribution < 1.29 is 28.2 Å².